The number of unbranched alkanes of at least 4 members (excludes halogenated alkanes) is 4. The van der Waals surface area contributed by atoms with Crippen LogP contribution >= 0.6 is 11.8 Å². The van der Waals surface area contributed by atoms with E-state index in [1.807, 2.05) is 0 Å². The standard InChI is InChI=1S/C12H21NO3S/c1-2-3-4-5-6-7-11(14)13-9-17-8-10(13)12(15)16/h10H,2-9H2,1H3,(H,15,16)/t10-/m0/s1. The Balaban J connectivity index is 2.25. The van der Waals surface area contributed by atoms with E-state index in [1.165, 1.54) is 35.9 Å². The van der Waals surface area contributed by atoms with E-state index in [1.54, 1.807) is 0 Å². The van der Waals surface area contributed by atoms with Crippen LogP contribution in [0.3, 0.4) is 0 Å². The summed E-state index contributed by atoms with van der Waals surface area (Å²) in [6, 6.07) is -0.608. The first-order chi connectivity index (χ1) is 8.16. The molecule has 1 fully saturated rings. The Morgan fingerprint density at radius 2 is 2.00 bits per heavy atom. The predicted octanol–water partition coefficient (Wildman–Crippen LogP) is 2.33. The number of nitrogens with zero attached hydrogens (tertiary/aromatic N) is 1. The number of amides is 1. The van der Waals surface area contributed by atoms with Gasteiger partial charge in [-0.25, -0.2) is 4.79 Å². The van der Waals surface area contributed by atoms with Crippen molar-refractivity contribution in [3.63, 3.8) is 0 Å². The molecule has 0 aromatic rings. The second-order valence-electron chi connectivity index (χ2n) is 4.38. The molecule has 0 saturated carbocycles. The van der Waals surface area contributed by atoms with Gasteiger partial charge in [0, 0.05) is 12.2 Å². The van der Waals surface area contributed by atoms with Crippen molar-refractivity contribution in [1.29, 1.82) is 0 Å². The number of carboxylic acids is 1. The van der Waals surface area contributed by atoms with Crippen molar-refractivity contribution in [2.24, 2.45) is 0 Å². The lowest BCUT2D eigenvalue weighted by atomic mass is 10.1. The highest BCUT2D eigenvalue weighted by Crippen LogP contribution is 2.22. The fraction of sp³-hybridized carbons (Fsp3) is 0.833. The highest BCUT2D eigenvalue weighted by Gasteiger charge is 2.33. The van der Waals surface area contributed by atoms with Crippen LogP contribution in [0.4, 0.5) is 0 Å². The van der Waals surface area contributed by atoms with Crippen LogP contribution in [0.25, 0.3) is 0 Å². The quantitative estimate of drug-likeness (QED) is 0.713. The summed E-state index contributed by atoms with van der Waals surface area (Å²) >= 11 is 1.52. The molecule has 1 aliphatic rings. The summed E-state index contributed by atoms with van der Waals surface area (Å²) in [6.45, 7) is 2.16. The van der Waals surface area contributed by atoms with E-state index in [9.17, 15) is 9.59 Å². The van der Waals surface area contributed by atoms with Crippen molar-refractivity contribution < 1.29 is 14.7 Å². The zero-order valence-electron chi connectivity index (χ0n) is 10.4. The average molecular weight is 259 g/mol. The number of thioether (sulfide) groups is 1. The van der Waals surface area contributed by atoms with Gasteiger partial charge in [0.15, 0.2) is 0 Å². The van der Waals surface area contributed by atoms with Gasteiger partial charge in [-0.05, 0) is 6.42 Å². The minimum absolute atomic E-state index is 0.00102. The van der Waals surface area contributed by atoms with E-state index in [0.29, 0.717) is 18.1 Å². The summed E-state index contributed by atoms with van der Waals surface area (Å²) in [5.74, 6) is 0.176. The molecule has 1 aliphatic heterocycles. The summed E-state index contributed by atoms with van der Waals surface area (Å²) in [6.07, 6.45) is 6.02. The third kappa shape index (κ3) is 4.58. The zero-order valence-corrected chi connectivity index (χ0v) is 11.2. The second kappa shape index (κ2) is 7.58. The van der Waals surface area contributed by atoms with Crippen LogP contribution in [0, 0.1) is 0 Å². The van der Waals surface area contributed by atoms with Crippen molar-refractivity contribution in [1.82, 2.24) is 4.90 Å². The summed E-state index contributed by atoms with van der Waals surface area (Å²) < 4.78 is 0. The fourth-order valence-corrected chi connectivity index (χ4v) is 3.09. The predicted molar refractivity (Wildman–Crippen MR) is 69.0 cm³/mol. The van der Waals surface area contributed by atoms with Crippen LogP contribution < -0.4 is 0 Å². The van der Waals surface area contributed by atoms with Crippen LogP contribution in [0.15, 0.2) is 0 Å². The van der Waals surface area contributed by atoms with Gasteiger partial charge in [0.1, 0.15) is 6.04 Å². The van der Waals surface area contributed by atoms with Gasteiger partial charge >= 0.3 is 5.97 Å². The number of hydrogen-bond acceptors (Lipinski definition) is 3. The van der Waals surface area contributed by atoms with Crippen molar-refractivity contribution in [2.75, 3.05) is 11.6 Å². The zero-order chi connectivity index (χ0) is 12.7. The first-order valence-electron chi connectivity index (χ1n) is 6.26. The maximum absolute atomic E-state index is 11.8. The molecule has 0 aliphatic carbocycles. The van der Waals surface area contributed by atoms with E-state index in [4.69, 9.17) is 5.11 Å². The molecule has 98 valence electrons. The molecule has 0 radical (unpaired) electrons. The molecule has 1 saturated heterocycles. The minimum Gasteiger partial charge on any atom is -0.480 e. The molecule has 0 bridgehead atoms. The van der Waals surface area contributed by atoms with Gasteiger partial charge < -0.3 is 10.0 Å². The van der Waals surface area contributed by atoms with Crippen LogP contribution in [0.1, 0.15) is 45.4 Å². The van der Waals surface area contributed by atoms with E-state index < -0.39 is 12.0 Å². The number of rotatable bonds is 7. The highest BCUT2D eigenvalue weighted by atomic mass is 32.2. The van der Waals surface area contributed by atoms with E-state index in [2.05, 4.69) is 6.92 Å². The van der Waals surface area contributed by atoms with Gasteiger partial charge in [-0.3, -0.25) is 4.79 Å². The highest BCUT2D eigenvalue weighted by molar-refractivity contribution is 7.99. The number of carbonyl (C=O) groups excluding carboxylic acids is 1. The smallest absolute Gasteiger partial charge is 0.327 e. The van der Waals surface area contributed by atoms with E-state index in [0.717, 1.165) is 12.8 Å². The van der Waals surface area contributed by atoms with Crippen molar-refractivity contribution in [2.45, 2.75) is 51.5 Å². The van der Waals surface area contributed by atoms with Gasteiger partial charge in [0.2, 0.25) is 5.91 Å². The number of hydrogen-bond donors (Lipinski definition) is 1. The summed E-state index contributed by atoms with van der Waals surface area (Å²) in [4.78, 5) is 24.3. The molecule has 1 atom stereocenters. The Bertz CT molecular complexity index is 270. The number of aliphatic carboxylic acids is 1. The summed E-state index contributed by atoms with van der Waals surface area (Å²) in [5, 5.41) is 8.97. The second-order valence-corrected chi connectivity index (χ2v) is 5.38. The van der Waals surface area contributed by atoms with Crippen LogP contribution in [-0.4, -0.2) is 39.6 Å². The lowest BCUT2D eigenvalue weighted by Gasteiger charge is -2.20. The third-order valence-electron chi connectivity index (χ3n) is 2.98. The van der Waals surface area contributed by atoms with Gasteiger partial charge in [-0.2, -0.15) is 0 Å². The van der Waals surface area contributed by atoms with Crippen LogP contribution in [0.5, 0.6) is 0 Å². The summed E-state index contributed by atoms with van der Waals surface area (Å²) in [7, 11) is 0. The Morgan fingerprint density at radius 3 is 2.65 bits per heavy atom. The molecule has 4 nitrogen and oxygen atoms in total. The third-order valence-corrected chi connectivity index (χ3v) is 3.99. The van der Waals surface area contributed by atoms with Gasteiger partial charge in [0.25, 0.3) is 0 Å². The Morgan fingerprint density at radius 1 is 1.29 bits per heavy atom. The molecule has 0 unspecified atom stereocenters. The Hall–Kier alpha value is -0.710. The van der Waals surface area contributed by atoms with Gasteiger partial charge in [-0.15, -0.1) is 11.8 Å². The van der Waals surface area contributed by atoms with E-state index >= 15 is 0 Å². The molecule has 1 amide bonds. The molecule has 1 rings (SSSR count). The molecular weight excluding hydrogens is 238 g/mol. The first kappa shape index (κ1) is 14.4. The Kier molecular flexibility index (Phi) is 6.40. The number of carbonyl (C=O) groups is 2. The fourth-order valence-electron chi connectivity index (χ4n) is 1.92. The average Bonchev–Trinajstić information content (AvgIpc) is 2.77. The molecule has 0 aromatic carbocycles. The maximum Gasteiger partial charge on any atom is 0.327 e. The summed E-state index contributed by atoms with van der Waals surface area (Å²) in [5.41, 5.74) is 0. The molecule has 1 heterocycles. The lowest BCUT2D eigenvalue weighted by Crippen LogP contribution is -2.41. The van der Waals surface area contributed by atoms with E-state index in [-0.39, 0.29) is 5.91 Å². The molecule has 0 spiro atoms. The Labute approximate surface area is 107 Å². The van der Waals surface area contributed by atoms with Gasteiger partial charge in [0.05, 0.1) is 5.88 Å². The normalized spacial score (nSPS) is 19.6. The topological polar surface area (TPSA) is 57.6 Å². The van der Waals surface area contributed by atoms with Gasteiger partial charge in [-0.1, -0.05) is 32.6 Å². The molecule has 5 heteroatoms. The van der Waals surface area contributed by atoms with Crippen molar-refractivity contribution in [3.05, 3.63) is 0 Å². The minimum atomic E-state index is -0.880. The van der Waals surface area contributed by atoms with Crippen LogP contribution in [0.2, 0.25) is 0 Å². The van der Waals surface area contributed by atoms with Crippen molar-refractivity contribution >= 4 is 23.6 Å². The molecule has 0 aromatic heterocycles. The largest absolute Gasteiger partial charge is 0.480 e. The first-order valence-corrected chi connectivity index (χ1v) is 7.42. The van der Waals surface area contributed by atoms with Crippen molar-refractivity contribution in [3.8, 4) is 0 Å². The maximum atomic E-state index is 11.8. The molecule has 17 heavy (non-hydrogen) atoms. The molecule has 1 N–H and O–H groups in total. The monoisotopic (exact) mass is 259 g/mol. The SMILES string of the molecule is CCCCCCCC(=O)N1CSC[C@H]1C(=O)O. The van der Waals surface area contributed by atoms with Crippen LogP contribution in [-0.2, 0) is 9.59 Å². The molecular formula is C12H21NO3S. The number of carboxylic acid groups (broad SMARTS) is 1. The lowest BCUT2D eigenvalue weighted by molar-refractivity contribution is -0.147.